The van der Waals surface area contributed by atoms with E-state index in [1.165, 1.54) is 25.7 Å². The highest BCUT2D eigenvalue weighted by Crippen LogP contribution is 2.24. The zero-order valence-corrected chi connectivity index (χ0v) is 27.1. The van der Waals surface area contributed by atoms with Gasteiger partial charge in [0.1, 0.15) is 60.2 Å². The molecule has 4 heterocycles. The van der Waals surface area contributed by atoms with Gasteiger partial charge in [-0.3, -0.25) is 9.36 Å². The first-order valence-electron chi connectivity index (χ1n) is 16.8. The van der Waals surface area contributed by atoms with Crippen molar-refractivity contribution >= 4 is 0 Å². The van der Waals surface area contributed by atoms with Gasteiger partial charge in [0.05, 0.1) is 38.8 Å². The average molecular weight is 689 g/mol. The first-order chi connectivity index (χ1) is 23.2. The first-order valence-corrected chi connectivity index (χ1v) is 16.8. The Morgan fingerprint density at radius 2 is 0.875 bits per heavy atom. The maximum Gasteiger partial charge on any atom is 0.187 e. The van der Waals surface area contributed by atoms with Crippen molar-refractivity contribution in [2.45, 2.75) is 152 Å². The summed E-state index contributed by atoms with van der Waals surface area (Å²) in [7, 11) is 0. The number of aliphatic hydroxyl groups excluding tert-OH is 8. The molecular formula is C30H52N6O12. The quantitative estimate of drug-likeness (QED) is 0.0666. The minimum Gasteiger partial charge on any atom is -0.394 e. The lowest BCUT2D eigenvalue weighted by Crippen LogP contribution is -2.59. The first kappa shape index (κ1) is 38.6. The summed E-state index contributed by atoms with van der Waals surface area (Å²) in [6.45, 7) is 0.415. The van der Waals surface area contributed by atoms with Gasteiger partial charge in [-0.15, -0.1) is 10.2 Å². The van der Waals surface area contributed by atoms with Crippen LogP contribution in [0.4, 0.5) is 0 Å². The van der Waals surface area contributed by atoms with E-state index >= 15 is 0 Å². The molecule has 48 heavy (non-hydrogen) atoms. The smallest absolute Gasteiger partial charge is 0.187 e. The number of nitrogens with zero attached hydrogens (tertiary/aromatic N) is 6. The standard InChI is InChI=1S/C30H52N6O12/c37-15-21-23(39)25(41)27(43)29(47-21)45-17-19-13-35(33-31-19)11-9-7-5-3-1-2-4-6-8-10-12-36-14-20(32-34-36)18-46-30-28(44)26(42)24(40)22(16-38)48-30/h13-14,21-30,37-44H,1-12,15-18H2/t21-,22-,23-,24-,25+,26+,27-,28-,29-,30-/m1/s1. The molecule has 2 aliphatic rings. The number of unbranched alkanes of at least 4 members (excludes halogenated alkanes) is 9. The lowest BCUT2D eigenvalue weighted by atomic mass is 9.99. The van der Waals surface area contributed by atoms with E-state index in [1.54, 1.807) is 21.8 Å². The van der Waals surface area contributed by atoms with Crippen LogP contribution in [0.1, 0.15) is 75.6 Å². The van der Waals surface area contributed by atoms with Crippen molar-refractivity contribution in [1.82, 2.24) is 30.0 Å². The highest BCUT2D eigenvalue weighted by Gasteiger charge is 2.45. The molecule has 8 N–H and O–H groups in total. The number of aliphatic hydroxyl groups is 8. The average Bonchev–Trinajstić information content (AvgIpc) is 3.75. The number of hydrogen-bond acceptors (Lipinski definition) is 16. The highest BCUT2D eigenvalue weighted by molar-refractivity contribution is 4.93. The van der Waals surface area contributed by atoms with Crippen LogP contribution in [-0.4, -0.2) is 145 Å². The molecule has 2 saturated heterocycles. The van der Waals surface area contributed by atoms with Gasteiger partial charge in [0.2, 0.25) is 0 Å². The van der Waals surface area contributed by atoms with Crippen LogP contribution in [0.5, 0.6) is 0 Å². The molecule has 0 unspecified atom stereocenters. The van der Waals surface area contributed by atoms with Gasteiger partial charge in [-0.25, -0.2) is 0 Å². The van der Waals surface area contributed by atoms with E-state index < -0.39 is 74.6 Å². The number of hydrogen-bond donors (Lipinski definition) is 8. The molecule has 2 aliphatic heterocycles. The Labute approximate surface area is 278 Å². The normalized spacial score (nSPS) is 31.0. The fourth-order valence-corrected chi connectivity index (χ4v) is 5.73. The second kappa shape index (κ2) is 19.9. The van der Waals surface area contributed by atoms with E-state index in [-0.39, 0.29) is 13.2 Å². The second-order valence-electron chi connectivity index (χ2n) is 12.5. The molecule has 0 saturated carbocycles. The molecule has 274 valence electrons. The topological polar surface area (TPSA) is 260 Å². The fraction of sp³-hybridized carbons (Fsp3) is 0.867. The Morgan fingerprint density at radius 1 is 0.521 bits per heavy atom. The molecule has 2 aromatic heterocycles. The molecule has 10 atom stereocenters. The van der Waals surface area contributed by atoms with E-state index in [2.05, 4.69) is 20.6 Å². The van der Waals surface area contributed by atoms with Crippen LogP contribution >= 0.6 is 0 Å². The SMILES string of the molecule is OC[C@H]1O[C@@H](OCc2cn(CCCCCCCCCCCCn3cc(CO[C@@H]4O[C@H](CO)[C@@H](O)[C@H](O)[C@H]4O)nn3)nn2)[C@H](O)[C@@H](O)[C@@H]1O. The molecule has 2 aromatic rings. The number of aromatic nitrogens is 6. The molecule has 0 spiro atoms. The minimum absolute atomic E-state index is 0.00332. The summed E-state index contributed by atoms with van der Waals surface area (Å²) < 4.78 is 25.2. The Kier molecular flexibility index (Phi) is 16.0. The molecule has 18 heteroatoms. The van der Waals surface area contributed by atoms with Crippen molar-refractivity contribution in [2.24, 2.45) is 0 Å². The van der Waals surface area contributed by atoms with Crippen LogP contribution in [0, 0.1) is 0 Å². The van der Waals surface area contributed by atoms with Gasteiger partial charge in [0.25, 0.3) is 0 Å². The molecular weight excluding hydrogens is 636 g/mol. The van der Waals surface area contributed by atoms with Crippen molar-refractivity contribution in [3.63, 3.8) is 0 Å². The molecule has 2 fully saturated rings. The van der Waals surface area contributed by atoms with Crippen molar-refractivity contribution < 1.29 is 59.8 Å². The lowest BCUT2D eigenvalue weighted by Gasteiger charge is -2.39. The lowest BCUT2D eigenvalue weighted by molar-refractivity contribution is -0.304. The summed E-state index contributed by atoms with van der Waals surface area (Å²) in [6, 6.07) is 0. The predicted octanol–water partition coefficient (Wildman–Crippen LogP) is -1.90. The molecule has 18 nitrogen and oxygen atoms in total. The summed E-state index contributed by atoms with van der Waals surface area (Å²) in [6.07, 6.45) is 1.50. The van der Waals surface area contributed by atoms with Gasteiger partial charge in [-0.1, -0.05) is 61.8 Å². The molecule has 4 rings (SSSR count). The molecule has 0 aromatic carbocycles. The van der Waals surface area contributed by atoms with E-state index in [1.807, 2.05) is 0 Å². The summed E-state index contributed by atoms with van der Waals surface area (Å²) in [5.74, 6) is 0. The van der Waals surface area contributed by atoms with Crippen LogP contribution in [0.15, 0.2) is 12.4 Å². The number of rotatable bonds is 21. The van der Waals surface area contributed by atoms with Gasteiger partial charge >= 0.3 is 0 Å². The van der Waals surface area contributed by atoms with Crippen LogP contribution < -0.4 is 0 Å². The summed E-state index contributed by atoms with van der Waals surface area (Å²) in [5, 5.41) is 94.5. The monoisotopic (exact) mass is 688 g/mol. The number of ether oxygens (including phenoxy) is 4. The van der Waals surface area contributed by atoms with Gasteiger partial charge in [-0.05, 0) is 12.8 Å². The van der Waals surface area contributed by atoms with E-state index in [0.717, 1.165) is 51.6 Å². The largest absolute Gasteiger partial charge is 0.394 e. The Morgan fingerprint density at radius 3 is 1.23 bits per heavy atom. The van der Waals surface area contributed by atoms with E-state index in [0.29, 0.717) is 11.4 Å². The Bertz CT molecular complexity index is 1080. The van der Waals surface area contributed by atoms with Crippen LogP contribution in [0.25, 0.3) is 0 Å². The van der Waals surface area contributed by atoms with Crippen molar-refractivity contribution in [2.75, 3.05) is 13.2 Å². The Balaban J connectivity index is 0.966. The second-order valence-corrected chi connectivity index (χ2v) is 12.5. The van der Waals surface area contributed by atoms with Crippen LogP contribution in [-0.2, 0) is 45.3 Å². The van der Waals surface area contributed by atoms with Gasteiger partial charge in [-0.2, -0.15) is 0 Å². The summed E-state index contributed by atoms with van der Waals surface area (Å²) in [4.78, 5) is 0. The van der Waals surface area contributed by atoms with Gasteiger partial charge in [0, 0.05) is 13.1 Å². The van der Waals surface area contributed by atoms with Crippen molar-refractivity contribution in [1.29, 1.82) is 0 Å². The Hall–Kier alpha value is -2.20. The van der Waals surface area contributed by atoms with Crippen LogP contribution in [0.3, 0.4) is 0 Å². The molecule has 0 bridgehead atoms. The van der Waals surface area contributed by atoms with E-state index in [4.69, 9.17) is 18.9 Å². The van der Waals surface area contributed by atoms with Crippen LogP contribution in [0.2, 0.25) is 0 Å². The maximum absolute atomic E-state index is 10.1. The number of aryl methyl sites for hydroxylation is 2. The summed E-state index contributed by atoms with van der Waals surface area (Å²) in [5.41, 5.74) is 1.08. The molecule has 0 radical (unpaired) electrons. The predicted molar refractivity (Wildman–Crippen MR) is 163 cm³/mol. The fourth-order valence-electron chi connectivity index (χ4n) is 5.73. The highest BCUT2D eigenvalue weighted by atomic mass is 16.7. The van der Waals surface area contributed by atoms with Crippen molar-refractivity contribution in [3.8, 4) is 0 Å². The third-order valence-corrected chi connectivity index (χ3v) is 8.68. The summed E-state index contributed by atoms with van der Waals surface area (Å²) >= 11 is 0. The maximum atomic E-state index is 10.1. The van der Waals surface area contributed by atoms with Crippen molar-refractivity contribution in [3.05, 3.63) is 23.8 Å². The molecule has 0 aliphatic carbocycles. The zero-order valence-electron chi connectivity index (χ0n) is 27.1. The van der Waals surface area contributed by atoms with Gasteiger partial charge < -0.3 is 59.8 Å². The van der Waals surface area contributed by atoms with E-state index in [9.17, 15) is 40.9 Å². The zero-order chi connectivity index (χ0) is 34.5. The third kappa shape index (κ3) is 11.2. The van der Waals surface area contributed by atoms with Gasteiger partial charge in [0.15, 0.2) is 12.6 Å². The minimum atomic E-state index is -1.49. The molecule has 0 amide bonds. The third-order valence-electron chi connectivity index (χ3n) is 8.68.